The lowest BCUT2D eigenvalue weighted by atomic mass is 10.1. The largest absolute Gasteiger partial charge is 0.469 e. The molecule has 0 aliphatic carbocycles. The fraction of sp³-hybridized carbons (Fsp3) is 0.900. The van der Waals surface area contributed by atoms with E-state index in [1.54, 1.807) is 0 Å². The Balaban J connectivity index is 0. The first-order chi connectivity index (χ1) is 6.31. The molecule has 13 heavy (non-hydrogen) atoms. The second-order valence-corrected chi connectivity index (χ2v) is 2.74. The maximum Gasteiger partial charge on any atom is 0.305 e. The van der Waals surface area contributed by atoms with Gasteiger partial charge in [0.2, 0.25) is 0 Å². The van der Waals surface area contributed by atoms with Crippen molar-refractivity contribution in [2.45, 2.75) is 45.4 Å². The highest BCUT2D eigenvalue weighted by atomic mass is 16.5. The van der Waals surface area contributed by atoms with Crippen molar-refractivity contribution in [2.24, 2.45) is 0 Å². The Morgan fingerprint density at radius 3 is 2.15 bits per heavy atom. The summed E-state index contributed by atoms with van der Waals surface area (Å²) in [6.07, 6.45) is 6.49. The fourth-order valence-electron chi connectivity index (χ4n) is 0.975. The molecule has 80 valence electrons. The molecule has 0 bridgehead atoms. The van der Waals surface area contributed by atoms with E-state index in [4.69, 9.17) is 5.11 Å². The molecular weight excluding hydrogens is 168 g/mol. The van der Waals surface area contributed by atoms with Crippen LogP contribution in [-0.4, -0.2) is 25.3 Å². The smallest absolute Gasteiger partial charge is 0.305 e. The molecule has 0 heterocycles. The summed E-state index contributed by atoms with van der Waals surface area (Å²) in [4.78, 5) is 10.6. The summed E-state index contributed by atoms with van der Waals surface area (Å²) < 4.78 is 4.52. The average Bonchev–Trinajstić information content (AvgIpc) is 2.20. The van der Waals surface area contributed by atoms with Crippen LogP contribution in [0.25, 0.3) is 0 Å². The summed E-state index contributed by atoms with van der Waals surface area (Å²) in [6, 6.07) is 0. The van der Waals surface area contributed by atoms with Gasteiger partial charge < -0.3 is 9.84 Å². The van der Waals surface area contributed by atoms with Crippen LogP contribution in [0.5, 0.6) is 0 Å². The van der Waals surface area contributed by atoms with E-state index in [1.165, 1.54) is 26.4 Å². The van der Waals surface area contributed by atoms with Gasteiger partial charge in [0.25, 0.3) is 0 Å². The molecule has 3 heteroatoms. The molecule has 0 rings (SSSR count). The van der Waals surface area contributed by atoms with Gasteiger partial charge in [0.05, 0.1) is 7.11 Å². The molecule has 0 saturated heterocycles. The molecule has 3 nitrogen and oxygen atoms in total. The number of carbonyl (C=O) groups excluding carboxylic acids is 1. The Morgan fingerprint density at radius 1 is 1.15 bits per heavy atom. The number of carbonyl (C=O) groups is 1. The van der Waals surface area contributed by atoms with Gasteiger partial charge in [0.15, 0.2) is 0 Å². The van der Waals surface area contributed by atoms with Gasteiger partial charge in [-0.3, -0.25) is 4.79 Å². The lowest BCUT2D eigenvalue weighted by Crippen LogP contribution is -1.98. The van der Waals surface area contributed by atoms with Gasteiger partial charge in [0.1, 0.15) is 0 Å². The number of aliphatic hydroxyl groups is 1. The highest BCUT2D eigenvalue weighted by molar-refractivity contribution is 5.68. The van der Waals surface area contributed by atoms with Gasteiger partial charge in [-0.05, 0) is 6.42 Å². The molecular formula is C10H22O3. The SMILES string of the molecule is CCCCCCCC(=O)OC.CO. The highest BCUT2D eigenvalue weighted by Gasteiger charge is 1.97. The third-order valence-corrected chi connectivity index (χ3v) is 1.71. The fourth-order valence-corrected chi connectivity index (χ4v) is 0.975. The number of methoxy groups -OCH3 is 1. The van der Waals surface area contributed by atoms with Crippen LogP contribution in [-0.2, 0) is 9.53 Å². The molecule has 0 fully saturated rings. The standard InChI is InChI=1S/C9H18O2.CH4O/c1-3-4-5-6-7-8-9(10)11-2;1-2/h3-8H2,1-2H3;2H,1H3. The summed E-state index contributed by atoms with van der Waals surface area (Å²) >= 11 is 0. The van der Waals surface area contributed by atoms with Crippen molar-refractivity contribution in [2.75, 3.05) is 14.2 Å². The third-order valence-electron chi connectivity index (χ3n) is 1.71. The van der Waals surface area contributed by atoms with Crippen molar-refractivity contribution < 1.29 is 14.6 Å². The molecule has 0 aromatic carbocycles. The van der Waals surface area contributed by atoms with Gasteiger partial charge in [-0.2, -0.15) is 0 Å². The molecule has 0 unspecified atom stereocenters. The van der Waals surface area contributed by atoms with Crippen LogP contribution in [0.4, 0.5) is 0 Å². The number of hydrogen-bond acceptors (Lipinski definition) is 3. The van der Waals surface area contributed by atoms with Crippen LogP contribution in [0.1, 0.15) is 45.4 Å². The molecule has 0 aliphatic heterocycles. The minimum atomic E-state index is -0.0819. The number of rotatable bonds is 6. The van der Waals surface area contributed by atoms with E-state index in [9.17, 15) is 4.79 Å². The van der Waals surface area contributed by atoms with Crippen LogP contribution in [0.15, 0.2) is 0 Å². The van der Waals surface area contributed by atoms with E-state index in [0.717, 1.165) is 20.0 Å². The van der Waals surface area contributed by atoms with Gasteiger partial charge in [0, 0.05) is 13.5 Å². The molecule has 0 aromatic heterocycles. The second-order valence-electron chi connectivity index (χ2n) is 2.74. The van der Waals surface area contributed by atoms with Crippen molar-refractivity contribution in [3.63, 3.8) is 0 Å². The summed E-state index contributed by atoms with van der Waals surface area (Å²) in [5, 5.41) is 7.00. The van der Waals surface area contributed by atoms with Crippen molar-refractivity contribution in [1.82, 2.24) is 0 Å². The quantitative estimate of drug-likeness (QED) is 0.515. The molecule has 0 saturated carbocycles. The van der Waals surface area contributed by atoms with E-state index in [2.05, 4.69) is 11.7 Å². The predicted octanol–water partition coefficient (Wildman–Crippen LogP) is 2.13. The van der Waals surface area contributed by atoms with Crippen molar-refractivity contribution in [3.05, 3.63) is 0 Å². The lowest BCUT2D eigenvalue weighted by Gasteiger charge is -1.98. The molecule has 0 amide bonds. The van der Waals surface area contributed by atoms with Gasteiger partial charge in [-0.1, -0.05) is 32.6 Å². The van der Waals surface area contributed by atoms with Crippen molar-refractivity contribution >= 4 is 5.97 Å². The molecule has 0 radical (unpaired) electrons. The van der Waals surface area contributed by atoms with Gasteiger partial charge in [-0.25, -0.2) is 0 Å². The first-order valence-electron chi connectivity index (χ1n) is 4.82. The Bertz CT molecular complexity index is 102. The van der Waals surface area contributed by atoms with Crippen molar-refractivity contribution in [1.29, 1.82) is 0 Å². The van der Waals surface area contributed by atoms with E-state index >= 15 is 0 Å². The molecule has 0 atom stereocenters. The van der Waals surface area contributed by atoms with E-state index < -0.39 is 0 Å². The highest BCUT2D eigenvalue weighted by Crippen LogP contribution is 2.04. The number of ether oxygens (including phenoxy) is 1. The Hall–Kier alpha value is -0.570. The zero-order valence-electron chi connectivity index (χ0n) is 9.01. The first kappa shape index (κ1) is 14.9. The Labute approximate surface area is 81.1 Å². The van der Waals surface area contributed by atoms with Gasteiger partial charge in [-0.15, -0.1) is 0 Å². The summed E-state index contributed by atoms with van der Waals surface area (Å²) in [7, 11) is 2.44. The van der Waals surface area contributed by atoms with Crippen LogP contribution in [0.3, 0.4) is 0 Å². The number of esters is 1. The summed E-state index contributed by atoms with van der Waals surface area (Å²) in [5.74, 6) is -0.0819. The van der Waals surface area contributed by atoms with Crippen LogP contribution in [0.2, 0.25) is 0 Å². The normalized spacial score (nSPS) is 8.62. The van der Waals surface area contributed by atoms with E-state index in [-0.39, 0.29) is 5.97 Å². The Morgan fingerprint density at radius 2 is 1.69 bits per heavy atom. The number of unbranched alkanes of at least 4 members (excludes halogenated alkanes) is 4. The number of hydrogen-bond donors (Lipinski definition) is 1. The summed E-state index contributed by atoms with van der Waals surface area (Å²) in [6.45, 7) is 2.18. The maximum atomic E-state index is 10.6. The molecule has 0 aromatic rings. The van der Waals surface area contributed by atoms with E-state index in [1.807, 2.05) is 0 Å². The summed E-state index contributed by atoms with van der Waals surface area (Å²) in [5.41, 5.74) is 0. The molecule has 0 spiro atoms. The minimum Gasteiger partial charge on any atom is -0.469 e. The topological polar surface area (TPSA) is 46.5 Å². The predicted molar refractivity (Wildman–Crippen MR) is 53.5 cm³/mol. The monoisotopic (exact) mass is 190 g/mol. The second kappa shape index (κ2) is 14.0. The van der Waals surface area contributed by atoms with Crippen LogP contribution >= 0.6 is 0 Å². The third kappa shape index (κ3) is 14.3. The number of aliphatic hydroxyl groups excluding tert-OH is 1. The maximum absolute atomic E-state index is 10.6. The van der Waals surface area contributed by atoms with Crippen LogP contribution in [0, 0.1) is 0 Å². The van der Waals surface area contributed by atoms with Crippen LogP contribution < -0.4 is 0 Å². The molecule has 1 N–H and O–H groups in total. The minimum absolute atomic E-state index is 0.0819. The first-order valence-corrected chi connectivity index (χ1v) is 4.82. The van der Waals surface area contributed by atoms with E-state index in [0.29, 0.717) is 6.42 Å². The average molecular weight is 190 g/mol. The molecule has 0 aliphatic rings. The zero-order chi connectivity index (χ0) is 10.5. The zero-order valence-corrected chi connectivity index (χ0v) is 9.01. The van der Waals surface area contributed by atoms with Gasteiger partial charge >= 0.3 is 5.97 Å². The van der Waals surface area contributed by atoms with Crippen molar-refractivity contribution in [3.8, 4) is 0 Å². The Kier molecular flexibility index (Phi) is 16.1. The lowest BCUT2D eigenvalue weighted by molar-refractivity contribution is -0.140.